The highest BCUT2D eigenvalue weighted by atomic mass is 19.1. The molecule has 21 heavy (non-hydrogen) atoms. The highest BCUT2D eigenvalue weighted by molar-refractivity contribution is 6.04. The van der Waals surface area contributed by atoms with Crippen molar-refractivity contribution in [1.29, 1.82) is 0 Å². The van der Waals surface area contributed by atoms with Gasteiger partial charge in [0, 0.05) is 18.7 Å². The van der Waals surface area contributed by atoms with Gasteiger partial charge < -0.3 is 10.6 Å². The van der Waals surface area contributed by atoms with Crippen LogP contribution < -0.4 is 10.6 Å². The largest absolute Gasteiger partial charge is 0.383 e. The van der Waals surface area contributed by atoms with Gasteiger partial charge in [0.25, 0.3) is 5.91 Å². The van der Waals surface area contributed by atoms with E-state index in [9.17, 15) is 22.4 Å². The molecule has 0 aliphatic carbocycles. The fraction of sp³-hybridized carbons (Fsp3) is 0.0714. The minimum atomic E-state index is -0.970. The summed E-state index contributed by atoms with van der Waals surface area (Å²) in [6, 6.07) is 4.06. The number of carbonyl (C=O) groups is 1. The van der Waals surface area contributed by atoms with E-state index in [4.69, 9.17) is 0 Å². The second-order valence-electron chi connectivity index (χ2n) is 4.14. The number of nitrogens with one attached hydrogen (secondary N) is 2. The Kier molecular flexibility index (Phi) is 4.11. The van der Waals surface area contributed by atoms with E-state index in [1.807, 2.05) is 0 Å². The van der Waals surface area contributed by atoms with Gasteiger partial charge in [0.1, 0.15) is 29.0 Å². The molecule has 7 heteroatoms. The van der Waals surface area contributed by atoms with Crippen molar-refractivity contribution in [3.05, 3.63) is 59.2 Å². The van der Waals surface area contributed by atoms with E-state index in [2.05, 4.69) is 10.6 Å². The summed E-state index contributed by atoms with van der Waals surface area (Å²) in [7, 11) is 1.32. The Bertz CT molecular complexity index is 680. The van der Waals surface area contributed by atoms with E-state index in [-0.39, 0.29) is 11.3 Å². The molecule has 0 fully saturated rings. The van der Waals surface area contributed by atoms with Crippen molar-refractivity contribution in [2.75, 3.05) is 17.7 Å². The van der Waals surface area contributed by atoms with Crippen LogP contribution in [0.1, 0.15) is 10.4 Å². The third-order valence-electron chi connectivity index (χ3n) is 2.73. The third kappa shape index (κ3) is 3.13. The molecule has 2 rings (SSSR count). The lowest BCUT2D eigenvalue weighted by Gasteiger charge is -2.09. The first kappa shape index (κ1) is 14.8. The van der Waals surface area contributed by atoms with Crippen LogP contribution in [0.15, 0.2) is 30.3 Å². The molecule has 2 aromatic rings. The number of hydrogen-bond acceptors (Lipinski definition) is 2. The van der Waals surface area contributed by atoms with Crippen molar-refractivity contribution in [3.63, 3.8) is 0 Å². The smallest absolute Gasteiger partial charge is 0.255 e. The van der Waals surface area contributed by atoms with Crippen LogP contribution in [0.2, 0.25) is 0 Å². The predicted molar refractivity (Wildman–Crippen MR) is 70.2 cm³/mol. The lowest BCUT2D eigenvalue weighted by molar-refractivity contribution is 0.102. The van der Waals surface area contributed by atoms with E-state index in [0.717, 1.165) is 30.3 Å². The Morgan fingerprint density at radius 1 is 0.952 bits per heavy atom. The van der Waals surface area contributed by atoms with E-state index < -0.39 is 34.9 Å². The quantitative estimate of drug-likeness (QED) is 0.851. The molecule has 2 aromatic carbocycles. The molecule has 1 amide bonds. The summed E-state index contributed by atoms with van der Waals surface area (Å²) in [5, 5.41) is 4.36. The molecule has 0 aromatic heterocycles. The average Bonchev–Trinajstić information content (AvgIpc) is 2.42. The number of amides is 1. The van der Waals surface area contributed by atoms with Crippen LogP contribution in [0.4, 0.5) is 28.9 Å². The summed E-state index contributed by atoms with van der Waals surface area (Å²) in [4.78, 5) is 11.8. The minimum absolute atomic E-state index is 0.354. The molecule has 0 saturated heterocycles. The van der Waals surface area contributed by atoms with Crippen molar-refractivity contribution in [2.24, 2.45) is 0 Å². The van der Waals surface area contributed by atoms with Gasteiger partial charge in [0.15, 0.2) is 0 Å². The maximum atomic E-state index is 13.5. The maximum absolute atomic E-state index is 13.5. The van der Waals surface area contributed by atoms with Crippen molar-refractivity contribution in [1.82, 2.24) is 0 Å². The Morgan fingerprint density at radius 3 is 2.14 bits per heavy atom. The number of benzene rings is 2. The summed E-state index contributed by atoms with van der Waals surface area (Å²) in [5.74, 6) is -4.52. The fourth-order valence-electron chi connectivity index (χ4n) is 1.73. The number of halogens is 4. The first-order chi connectivity index (χ1) is 9.92. The first-order valence-electron chi connectivity index (χ1n) is 5.85. The van der Waals surface area contributed by atoms with E-state index in [0.29, 0.717) is 0 Å². The molecule has 0 unspecified atom stereocenters. The van der Waals surface area contributed by atoms with E-state index in [1.54, 1.807) is 0 Å². The highest BCUT2D eigenvalue weighted by Crippen LogP contribution is 2.22. The van der Waals surface area contributed by atoms with Crippen molar-refractivity contribution in [3.8, 4) is 0 Å². The number of anilines is 2. The second-order valence-corrected chi connectivity index (χ2v) is 4.14. The van der Waals surface area contributed by atoms with Crippen LogP contribution in [0.3, 0.4) is 0 Å². The summed E-state index contributed by atoms with van der Waals surface area (Å²) in [6.07, 6.45) is 0. The van der Waals surface area contributed by atoms with Gasteiger partial charge in [0.2, 0.25) is 0 Å². The minimum Gasteiger partial charge on any atom is -0.383 e. The third-order valence-corrected chi connectivity index (χ3v) is 2.73. The topological polar surface area (TPSA) is 41.1 Å². The molecule has 0 aliphatic heterocycles. The highest BCUT2D eigenvalue weighted by Gasteiger charge is 2.16. The number of hydrogen-bond donors (Lipinski definition) is 2. The Labute approximate surface area is 117 Å². The van der Waals surface area contributed by atoms with Crippen LogP contribution in [-0.4, -0.2) is 13.0 Å². The van der Waals surface area contributed by atoms with E-state index in [1.165, 1.54) is 7.05 Å². The Hall–Kier alpha value is -2.57. The lowest BCUT2D eigenvalue weighted by Crippen LogP contribution is -2.14. The van der Waals surface area contributed by atoms with Crippen molar-refractivity contribution in [2.45, 2.75) is 0 Å². The molecular weight excluding hydrogens is 288 g/mol. The van der Waals surface area contributed by atoms with Gasteiger partial charge in [-0.2, -0.15) is 0 Å². The molecule has 0 heterocycles. The Morgan fingerprint density at radius 2 is 1.57 bits per heavy atom. The predicted octanol–water partition coefficient (Wildman–Crippen LogP) is 3.54. The molecule has 0 bridgehead atoms. The summed E-state index contributed by atoms with van der Waals surface area (Å²) in [5.41, 5.74) is -1.16. The Balaban J connectivity index is 2.31. The van der Waals surface area contributed by atoms with Crippen LogP contribution in [0.5, 0.6) is 0 Å². The first-order valence-corrected chi connectivity index (χ1v) is 5.85. The fourth-order valence-corrected chi connectivity index (χ4v) is 1.73. The van der Waals surface area contributed by atoms with E-state index >= 15 is 0 Å². The molecule has 0 saturated carbocycles. The van der Waals surface area contributed by atoms with Gasteiger partial charge in [0.05, 0.1) is 5.69 Å². The zero-order valence-electron chi connectivity index (χ0n) is 10.8. The van der Waals surface area contributed by atoms with Gasteiger partial charge >= 0.3 is 0 Å². The van der Waals surface area contributed by atoms with Gasteiger partial charge in [-0.25, -0.2) is 17.6 Å². The van der Waals surface area contributed by atoms with Crippen LogP contribution in [-0.2, 0) is 0 Å². The number of rotatable bonds is 3. The van der Waals surface area contributed by atoms with Gasteiger partial charge in [-0.3, -0.25) is 4.79 Å². The van der Waals surface area contributed by atoms with Crippen molar-refractivity contribution < 1.29 is 22.4 Å². The second kappa shape index (κ2) is 5.82. The molecule has 0 aliphatic rings. The summed E-state index contributed by atoms with van der Waals surface area (Å²) < 4.78 is 53.4. The van der Waals surface area contributed by atoms with Crippen LogP contribution in [0, 0.1) is 23.3 Å². The molecule has 0 atom stereocenters. The normalized spacial score (nSPS) is 10.3. The van der Waals surface area contributed by atoms with Crippen molar-refractivity contribution >= 4 is 17.3 Å². The zero-order valence-corrected chi connectivity index (χ0v) is 10.8. The van der Waals surface area contributed by atoms with Gasteiger partial charge in [-0.1, -0.05) is 0 Å². The molecule has 0 radical (unpaired) electrons. The average molecular weight is 298 g/mol. The molecule has 0 spiro atoms. The van der Waals surface area contributed by atoms with Gasteiger partial charge in [-0.15, -0.1) is 0 Å². The molecule has 3 nitrogen and oxygen atoms in total. The summed E-state index contributed by atoms with van der Waals surface area (Å²) in [6.45, 7) is 0. The lowest BCUT2D eigenvalue weighted by atomic mass is 10.1. The molecule has 2 N–H and O–H groups in total. The maximum Gasteiger partial charge on any atom is 0.255 e. The standard InChI is InChI=1S/C14H10F4N2O/c1-19-13-10(17)4-7(5-11(13)18)14(21)20-12-6-8(15)2-3-9(12)16/h2-6,19H,1H3,(H,20,21). The van der Waals surface area contributed by atoms with Crippen LogP contribution >= 0.6 is 0 Å². The SMILES string of the molecule is CNc1c(F)cc(C(=O)Nc2cc(F)ccc2F)cc1F. The molecule has 110 valence electrons. The summed E-state index contributed by atoms with van der Waals surface area (Å²) >= 11 is 0. The molecular formula is C14H10F4N2O. The zero-order chi connectivity index (χ0) is 15.6. The van der Waals surface area contributed by atoms with Crippen LogP contribution in [0.25, 0.3) is 0 Å². The number of carbonyl (C=O) groups excluding carboxylic acids is 1. The monoisotopic (exact) mass is 298 g/mol. The van der Waals surface area contributed by atoms with Gasteiger partial charge in [-0.05, 0) is 24.3 Å².